The van der Waals surface area contributed by atoms with E-state index in [2.05, 4.69) is 35.9 Å². The van der Waals surface area contributed by atoms with Crippen LogP contribution in [-0.4, -0.2) is 54.5 Å². The lowest BCUT2D eigenvalue weighted by molar-refractivity contribution is 0.104. The van der Waals surface area contributed by atoms with Crippen LogP contribution in [0.5, 0.6) is 0 Å². The maximum atomic E-state index is 12.4. The first-order chi connectivity index (χ1) is 13.5. The highest BCUT2D eigenvalue weighted by Gasteiger charge is 2.05. The zero-order chi connectivity index (χ0) is 19.9. The number of allylic oxidation sites excluding steroid dienone is 1. The molecule has 1 heterocycles. The number of nitrogens with zero attached hydrogens (tertiary/aromatic N) is 4. The monoisotopic (exact) mass is 374 g/mol. The summed E-state index contributed by atoms with van der Waals surface area (Å²) < 4.78 is 1.94. The Kier molecular flexibility index (Phi) is 6.40. The molecule has 0 aliphatic rings. The average molecular weight is 374 g/mol. The van der Waals surface area contributed by atoms with E-state index in [0.29, 0.717) is 5.56 Å². The first-order valence-electron chi connectivity index (χ1n) is 9.29. The van der Waals surface area contributed by atoms with Gasteiger partial charge in [-0.1, -0.05) is 18.2 Å². The number of carbonyl (C=O) groups excluding carboxylic acids is 1. The summed E-state index contributed by atoms with van der Waals surface area (Å²) in [6.07, 6.45) is 8.87. The van der Waals surface area contributed by atoms with Crippen LogP contribution in [-0.2, 0) is 0 Å². The molecule has 0 aliphatic carbocycles. The van der Waals surface area contributed by atoms with Crippen LogP contribution in [0.3, 0.4) is 0 Å². The topological polar surface area (TPSA) is 41.4 Å². The number of benzene rings is 2. The Bertz CT molecular complexity index is 910. The Hall–Kier alpha value is -3.18. The van der Waals surface area contributed by atoms with Gasteiger partial charge in [0, 0.05) is 49.5 Å². The van der Waals surface area contributed by atoms with Gasteiger partial charge in [0.05, 0.1) is 6.33 Å². The predicted octanol–water partition coefficient (Wildman–Crippen LogP) is 3.77. The summed E-state index contributed by atoms with van der Waals surface area (Å²) in [5.41, 5.74) is 3.82. The number of likely N-dealkylation sites (N-methyl/N-ethyl adjacent to an activating group) is 2. The number of imidazole rings is 1. The minimum absolute atomic E-state index is 0.00109. The van der Waals surface area contributed by atoms with Gasteiger partial charge in [-0.15, -0.1) is 0 Å². The molecule has 0 N–H and O–H groups in total. The van der Waals surface area contributed by atoms with Crippen LogP contribution >= 0.6 is 0 Å². The smallest absolute Gasteiger partial charge is 0.185 e. The summed E-state index contributed by atoms with van der Waals surface area (Å²) in [5, 5.41) is 0. The van der Waals surface area contributed by atoms with Crippen molar-refractivity contribution in [1.82, 2.24) is 14.5 Å². The van der Waals surface area contributed by atoms with E-state index in [1.165, 1.54) is 0 Å². The number of anilines is 1. The molecule has 28 heavy (non-hydrogen) atoms. The van der Waals surface area contributed by atoms with Gasteiger partial charge >= 0.3 is 0 Å². The number of carbonyl (C=O) groups is 1. The maximum Gasteiger partial charge on any atom is 0.185 e. The maximum absolute atomic E-state index is 12.4. The van der Waals surface area contributed by atoms with Gasteiger partial charge in [0.15, 0.2) is 5.78 Å². The van der Waals surface area contributed by atoms with Crippen molar-refractivity contribution in [3.8, 4) is 5.69 Å². The van der Waals surface area contributed by atoms with Crippen LogP contribution < -0.4 is 4.90 Å². The molecule has 3 aromatic rings. The van der Waals surface area contributed by atoms with E-state index >= 15 is 0 Å². The van der Waals surface area contributed by atoms with Gasteiger partial charge in [0.2, 0.25) is 0 Å². The van der Waals surface area contributed by atoms with Crippen molar-refractivity contribution >= 4 is 17.5 Å². The number of hydrogen-bond donors (Lipinski definition) is 0. The van der Waals surface area contributed by atoms with Gasteiger partial charge in [-0.2, -0.15) is 0 Å². The van der Waals surface area contributed by atoms with Crippen LogP contribution in [0.1, 0.15) is 15.9 Å². The van der Waals surface area contributed by atoms with E-state index in [0.717, 1.165) is 30.0 Å². The molecule has 5 nitrogen and oxygen atoms in total. The fourth-order valence-corrected chi connectivity index (χ4v) is 2.80. The molecule has 2 aromatic carbocycles. The second kappa shape index (κ2) is 9.15. The Morgan fingerprint density at radius 3 is 2.32 bits per heavy atom. The fourth-order valence-electron chi connectivity index (χ4n) is 2.80. The molecule has 0 spiro atoms. The van der Waals surface area contributed by atoms with Gasteiger partial charge in [-0.05, 0) is 62.1 Å². The molecule has 0 radical (unpaired) electrons. The minimum atomic E-state index is 0.00109. The lowest BCUT2D eigenvalue weighted by atomic mass is 10.1. The van der Waals surface area contributed by atoms with E-state index in [1.54, 1.807) is 18.6 Å². The third-order valence-corrected chi connectivity index (χ3v) is 4.60. The second-order valence-electron chi connectivity index (χ2n) is 7.03. The van der Waals surface area contributed by atoms with E-state index in [4.69, 9.17) is 0 Å². The zero-order valence-electron chi connectivity index (χ0n) is 16.6. The third kappa shape index (κ3) is 5.18. The van der Waals surface area contributed by atoms with Gasteiger partial charge in [-0.25, -0.2) is 4.98 Å². The van der Waals surface area contributed by atoms with Crippen molar-refractivity contribution in [3.63, 3.8) is 0 Å². The Balaban J connectivity index is 1.61. The van der Waals surface area contributed by atoms with Crippen molar-refractivity contribution in [1.29, 1.82) is 0 Å². The first-order valence-corrected chi connectivity index (χ1v) is 9.29. The predicted molar refractivity (Wildman–Crippen MR) is 115 cm³/mol. The highest BCUT2D eigenvalue weighted by molar-refractivity contribution is 6.07. The van der Waals surface area contributed by atoms with Crippen molar-refractivity contribution in [2.45, 2.75) is 0 Å². The van der Waals surface area contributed by atoms with Crippen molar-refractivity contribution in [3.05, 3.63) is 84.5 Å². The summed E-state index contributed by atoms with van der Waals surface area (Å²) in [4.78, 5) is 20.8. The van der Waals surface area contributed by atoms with Crippen LogP contribution in [0.2, 0.25) is 0 Å². The molecule has 0 aliphatic heterocycles. The van der Waals surface area contributed by atoms with Crippen LogP contribution in [0.4, 0.5) is 5.69 Å². The zero-order valence-corrected chi connectivity index (χ0v) is 16.6. The molecule has 0 atom stereocenters. The molecule has 0 saturated carbocycles. The second-order valence-corrected chi connectivity index (χ2v) is 7.03. The van der Waals surface area contributed by atoms with Crippen molar-refractivity contribution in [2.24, 2.45) is 0 Å². The van der Waals surface area contributed by atoms with Gasteiger partial charge in [0.1, 0.15) is 0 Å². The molecule has 0 amide bonds. The van der Waals surface area contributed by atoms with Gasteiger partial charge in [-0.3, -0.25) is 4.79 Å². The standard InChI is InChI=1S/C23H26N4O/c1-25(2)16-17-26(3)21-11-7-20(8-12-21)23(28)13-6-19-4-9-22(10-5-19)27-15-14-24-18-27/h4-15,18H,16-17H2,1-3H3. The van der Waals surface area contributed by atoms with E-state index < -0.39 is 0 Å². The lowest BCUT2D eigenvalue weighted by Gasteiger charge is -2.21. The highest BCUT2D eigenvalue weighted by Crippen LogP contribution is 2.15. The number of hydrogen-bond acceptors (Lipinski definition) is 4. The molecule has 0 saturated heterocycles. The Morgan fingerprint density at radius 1 is 1.00 bits per heavy atom. The normalized spacial score (nSPS) is 11.3. The van der Waals surface area contributed by atoms with Gasteiger partial charge < -0.3 is 14.4 Å². The lowest BCUT2D eigenvalue weighted by Crippen LogP contribution is -2.28. The molecule has 0 bridgehead atoms. The molecular formula is C23H26N4O. The van der Waals surface area contributed by atoms with E-state index in [-0.39, 0.29) is 5.78 Å². The SMILES string of the molecule is CN(C)CCN(C)c1ccc(C(=O)C=Cc2ccc(-n3ccnc3)cc2)cc1. The third-order valence-electron chi connectivity index (χ3n) is 4.60. The average Bonchev–Trinajstić information content (AvgIpc) is 3.25. The molecule has 0 unspecified atom stereocenters. The Labute approximate surface area is 166 Å². The summed E-state index contributed by atoms with van der Waals surface area (Å²) >= 11 is 0. The molecule has 1 aromatic heterocycles. The summed E-state index contributed by atoms with van der Waals surface area (Å²) in [6, 6.07) is 15.7. The van der Waals surface area contributed by atoms with E-state index in [9.17, 15) is 4.79 Å². The van der Waals surface area contributed by atoms with Crippen molar-refractivity contribution in [2.75, 3.05) is 39.1 Å². The largest absolute Gasteiger partial charge is 0.373 e. The summed E-state index contributed by atoms with van der Waals surface area (Å²) in [7, 11) is 6.19. The van der Waals surface area contributed by atoms with Gasteiger partial charge in [0.25, 0.3) is 0 Å². The van der Waals surface area contributed by atoms with Crippen LogP contribution in [0.25, 0.3) is 11.8 Å². The molecule has 5 heteroatoms. The number of rotatable bonds is 8. The highest BCUT2D eigenvalue weighted by atomic mass is 16.1. The molecule has 144 valence electrons. The summed E-state index contributed by atoms with van der Waals surface area (Å²) in [5.74, 6) is 0.00109. The molecule has 3 rings (SSSR count). The fraction of sp³-hybridized carbons (Fsp3) is 0.217. The minimum Gasteiger partial charge on any atom is -0.373 e. The van der Waals surface area contributed by atoms with Crippen LogP contribution in [0.15, 0.2) is 73.3 Å². The molecular weight excluding hydrogens is 348 g/mol. The first kappa shape index (κ1) is 19.6. The Morgan fingerprint density at radius 2 is 1.71 bits per heavy atom. The summed E-state index contributed by atoms with van der Waals surface area (Å²) in [6.45, 7) is 1.93. The van der Waals surface area contributed by atoms with Crippen LogP contribution in [0, 0.1) is 0 Å². The van der Waals surface area contributed by atoms with Crippen molar-refractivity contribution < 1.29 is 4.79 Å². The van der Waals surface area contributed by atoms with E-state index in [1.807, 2.05) is 65.4 Å². The molecule has 0 fully saturated rings. The quantitative estimate of drug-likeness (QED) is 0.445. The number of aromatic nitrogens is 2. The number of ketones is 1.